The molecule has 3 nitrogen and oxygen atoms in total. The number of rotatable bonds is 8. The third-order valence-electron chi connectivity index (χ3n) is 11.6. The molecule has 0 bridgehead atoms. The Balaban J connectivity index is 1.08. The van der Waals surface area contributed by atoms with Crippen LogP contribution >= 0.6 is 0 Å². The van der Waals surface area contributed by atoms with Gasteiger partial charge in [0.15, 0.2) is 5.82 Å². The standard InChI is InChI=1S/C59H39N3/c1-6-18-40(19-7-1)48-35-49(41-20-8-2-9-21-41)37-50(36-48)56-39-55(61-59(62-56)44-26-14-5-15-27-44)47-29-16-28-45(34-47)46-32-33-54-53(38-46)57-51(42-22-10-3-11-23-42)30-17-31-52(57)58(60-54)43-24-12-4-13-25-43/h1-39H. The van der Waals surface area contributed by atoms with Crippen molar-refractivity contribution in [3.05, 3.63) is 237 Å². The SMILES string of the molecule is c1ccc(-c2cc(-c3ccccc3)cc(-c3cc(-c4cccc(-c5ccc6nc(-c7ccccc7)c7cccc(-c8ccccc8)c7c6c5)c4)nc(-c4ccccc4)n3)c2)cc1. The number of pyridine rings is 1. The summed E-state index contributed by atoms with van der Waals surface area (Å²) in [7, 11) is 0. The van der Waals surface area contributed by atoms with Crippen LogP contribution in [0.25, 0.3) is 111 Å². The first-order chi connectivity index (χ1) is 30.7. The summed E-state index contributed by atoms with van der Waals surface area (Å²) in [5, 5.41) is 3.44. The summed E-state index contributed by atoms with van der Waals surface area (Å²) in [6.07, 6.45) is 0. The van der Waals surface area contributed by atoms with E-state index in [-0.39, 0.29) is 0 Å². The fraction of sp³-hybridized carbons (Fsp3) is 0. The quantitative estimate of drug-likeness (QED) is 0.144. The highest BCUT2D eigenvalue weighted by atomic mass is 14.9. The van der Waals surface area contributed by atoms with Crippen LogP contribution in [0.5, 0.6) is 0 Å². The molecule has 0 fully saturated rings. The van der Waals surface area contributed by atoms with E-state index in [1.165, 1.54) is 16.5 Å². The Kier molecular flexibility index (Phi) is 9.53. The van der Waals surface area contributed by atoms with Gasteiger partial charge < -0.3 is 0 Å². The summed E-state index contributed by atoms with van der Waals surface area (Å²) in [5.41, 5.74) is 16.9. The van der Waals surface area contributed by atoms with Crippen LogP contribution in [0, 0.1) is 0 Å². The van der Waals surface area contributed by atoms with Crippen LogP contribution in [-0.4, -0.2) is 15.0 Å². The summed E-state index contributed by atoms with van der Waals surface area (Å²) in [6, 6.07) is 83.5. The molecule has 0 unspecified atom stereocenters. The molecule has 0 aliphatic rings. The maximum absolute atomic E-state index is 5.32. The summed E-state index contributed by atoms with van der Waals surface area (Å²) in [4.78, 5) is 15.8. The van der Waals surface area contributed by atoms with Gasteiger partial charge in [0.25, 0.3) is 0 Å². The van der Waals surface area contributed by atoms with Gasteiger partial charge in [0.05, 0.1) is 22.6 Å². The topological polar surface area (TPSA) is 38.7 Å². The predicted molar refractivity (Wildman–Crippen MR) is 258 cm³/mol. The molecule has 0 N–H and O–H groups in total. The Morgan fingerprint density at radius 3 is 1.34 bits per heavy atom. The molecular weight excluding hydrogens is 751 g/mol. The highest BCUT2D eigenvalue weighted by molar-refractivity contribution is 6.17. The van der Waals surface area contributed by atoms with Crippen LogP contribution in [0.3, 0.4) is 0 Å². The lowest BCUT2D eigenvalue weighted by atomic mass is 9.91. The second-order valence-corrected chi connectivity index (χ2v) is 15.6. The minimum Gasteiger partial charge on any atom is -0.247 e. The molecule has 0 amide bonds. The third kappa shape index (κ3) is 7.12. The van der Waals surface area contributed by atoms with Crippen LogP contribution in [-0.2, 0) is 0 Å². The van der Waals surface area contributed by atoms with Crippen molar-refractivity contribution < 1.29 is 0 Å². The molecule has 290 valence electrons. The number of hydrogen-bond acceptors (Lipinski definition) is 3. The zero-order valence-electron chi connectivity index (χ0n) is 33.9. The maximum atomic E-state index is 5.32. The first-order valence-electron chi connectivity index (χ1n) is 21.0. The average molecular weight is 790 g/mol. The number of fused-ring (bicyclic) bond motifs is 3. The summed E-state index contributed by atoms with van der Waals surface area (Å²) in [6.45, 7) is 0. The summed E-state index contributed by atoms with van der Waals surface area (Å²) in [5.74, 6) is 0.681. The molecule has 11 aromatic rings. The van der Waals surface area contributed by atoms with Gasteiger partial charge >= 0.3 is 0 Å². The zero-order valence-corrected chi connectivity index (χ0v) is 33.9. The van der Waals surface area contributed by atoms with Gasteiger partial charge in [-0.25, -0.2) is 15.0 Å². The van der Waals surface area contributed by atoms with Gasteiger partial charge in [0, 0.05) is 38.4 Å². The van der Waals surface area contributed by atoms with Gasteiger partial charge in [-0.3, -0.25) is 0 Å². The zero-order chi connectivity index (χ0) is 41.2. The van der Waals surface area contributed by atoms with E-state index in [1.54, 1.807) is 0 Å². The van der Waals surface area contributed by atoms with Crippen molar-refractivity contribution in [1.82, 2.24) is 15.0 Å². The number of nitrogens with zero attached hydrogens (tertiary/aromatic N) is 3. The van der Waals surface area contributed by atoms with E-state index in [0.29, 0.717) is 5.82 Å². The van der Waals surface area contributed by atoms with Gasteiger partial charge in [-0.15, -0.1) is 0 Å². The average Bonchev–Trinajstić information content (AvgIpc) is 3.37. The molecule has 0 radical (unpaired) electrons. The van der Waals surface area contributed by atoms with Crippen LogP contribution < -0.4 is 0 Å². The lowest BCUT2D eigenvalue weighted by molar-refractivity contribution is 1.18. The monoisotopic (exact) mass is 789 g/mol. The molecule has 0 saturated carbocycles. The van der Waals surface area contributed by atoms with E-state index < -0.39 is 0 Å². The van der Waals surface area contributed by atoms with Gasteiger partial charge in [-0.05, 0) is 87.0 Å². The second-order valence-electron chi connectivity index (χ2n) is 15.6. The number of hydrogen-bond donors (Lipinski definition) is 0. The van der Waals surface area contributed by atoms with Crippen molar-refractivity contribution in [2.45, 2.75) is 0 Å². The third-order valence-corrected chi connectivity index (χ3v) is 11.6. The van der Waals surface area contributed by atoms with Crippen LogP contribution in [0.1, 0.15) is 0 Å². The van der Waals surface area contributed by atoms with E-state index in [4.69, 9.17) is 15.0 Å². The molecule has 62 heavy (non-hydrogen) atoms. The van der Waals surface area contributed by atoms with Crippen LogP contribution in [0.4, 0.5) is 0 Å². The molecule has 0 saturated heterocycles. The molecule has 0 spiro atoms. The Labute approximate surface area is 361 Å². The lowest BCUT2D eigenvalue weighted by Crippen LogP contribution is -1.97. The molecule has 3 heteroatoms. The minimum atomic E-state index is 0.681. The van der Waals surface area contributed by atoms with Crippen molar-refractivity contribution in [3.8, 4) is 89.7 Å². The smallest absolute Gasteiger partial charge is 0.160 e. The van der Waals surface area contributed by atoms with E-state index in [1.807, 2.05) is 18.2 Å². The Bertz CT molecular complexity index is 3310. The lowest BCUT2D eigenvalue weighted by Gasteiger charge is -2.15. The summed E-state index contributed by atoms with van der Waals surface area (Å²) >= 11 is 0. The predicted octanol–water partition coefficient (Wildman–Crippen LogP) is 15.5. The highest BCUT2D eigenvalue weighted by Gasteiger charge is 2.17. The molecule has 0 atom stereocenters. The van der Waals surface area contributed by atoms with Crippen molar-refractivity contribution in [2.24, 2.45) is 0 Å². The Morgan fingerprint density at radius 2 is 0.710 bits per heavy atom. The highest BCUT2D eigenvalue weighted by Crippen LogP contribution is 2.41. The van der Waals surface area contributed by atoms with E-state index in [9.17, 15) is 0 Å². The molecule has 0 aliphatic heterocycles. The molecule has 0 aliphatic carbocycles. The van der Waals surface area contributed by atoms with Crippen molar-refractivity contribution in [1.29, 1.82) is 0 Å². The molecule has 2 aromatic heterocycles. The number of benzene rings is 9. The van der Waals surface area contributed by atoms with Crippen LogP contribution in [0.15, 0.2) is 237 Å². The van der Waals surface area contributed by atoms with Crippen LogP contribution in [0.2, 0.25) is 0 Å². The first-order valence-corrected chi connectivity index (χ1v) is 21.0. The van der Waals surface area contributed by atoms with Crippen molar-refractivity contribution in [2.75, 3.05) is 0 Å². The fourth-order valence-electron chi connectivity index (χ4n) is 8.60. The molecule has 2 heterocycles. The first kappa shape index (κ1) is 36.8. The van der Waals surface area contributed by atoms with Gasteiger partial charge in [0.2, 0.25) is 0 Å². The van der Waals surface area contributed by atoms with Gasteiger partial charge in [-0.2, -0.15) is 0 Å². The number of aromatic nitrogens is 3. The maximum Gasteiger partial charge on any atom is 0.160 e. The van der Waals surface area contributed by atoms with Crippen molar-refractivity contribution >= 4 is 21.7 Å². The van der Waals surface area contributed by atoms with E-state index in [0.717, 1.165) is 89.0 Å². The van der Waals surface area contributed by atoms with E-state index in [2.05, 4.69) is 218 Å². The largest absolute Gasteiger partial charge is 0.247 e. The second kappa shape index (κ2) is 16.1. The molecular formula is C59H39N3. The molecule has 9 aromatic carbocycles. The summed E-state index contributed by atoms with van der Waals surface area (Å²) < 4.78 is 0. The van der Waals surface area contributed by atoms with Gasteiger partial charge in [0.1, 0.15) is 0 Å². The molecule has 11 rings (SSSR count). The fourth-order valence-corrected chi connectivity index (χ4v) is 8.60. The van der Waals surface area contributed by atoms with Crippen molar-refractivity contribution in [3.63, 3.8) is 0 Å². The minimum absolute atomic E-state index is 0.681. The Hall–Kier alpha value is -8.27. The Morgan fingerprint density at radius 1 is 0.242 bits per heavy atom. The van der Waals surface area contributed by atoms with E-state index >= 15 is 0 Å². The van der Waals surface area contributed by atoms with Gasteiger partial charge in [-0.1, -0.05) is 194 Å². The normalized spacial score (nSPS) is 11.2.